The monoisotopic (exact) mass is 354 g/mol. The molecule has 0 aliphatic rings. The molecule has 0 spiro atoms. The second kappa shape index (κ2) is 8.92. The quantitative estimate of drug-likeness (QED) is 0.667. The van der Waals surface area contributed by atoms with Crippen LogP contribution < -0.4 is 10.5 Å². The number of hydrogen-bond acceptors (Lipinski definition) is 4. The van der Waals surface area contributed by atoms with Gasteiger partial charge in [-0.05, 0) is 24.1 Å². The van der Waals surface area contributed by atoms with E-state index in [4.69, 9.17) is 33.7 Å². The minimum absolute atomic E-state index is 0.0254. The molecule has 3 N–H and O–H groups in total. The molecule has 0 radical (unpaired) electrons. The normalized spacial score (nSPS) is 11.8. The van der Waals surface area contributed by atoms with Crippen LogP contribution in [-0.2, 0) is 21.3 Å². The second-order valence-electron chi connectivity index (χ2n) is 4.44. The molecule has 1 rings (SSSR count). The van der Waals surface area contributed by atoms with Crippen LogP contribution in [0.1, 0.15) is 25.3 Å². The van der Waals surface area contributed by atoms with E-state index in [1.807, 2.05) is 0 Å². The van der Waals surface area contributed by atoms with E-state index in [0.717, 1.165) is 12.8 Å². The van der Waals surface area contributed by atoms with Crippen LogP contribution in [0.5, 0.6) is 0 Å². The molecule has 0 aliphatic heterocycles. The molecule has 0 amide bonds. The van der Waals surface area contributed by atoms with Crippen molar-refractivity contribution in [1.82, 2.24) is 4.72 Å². The number of halogens is 2. The zero-order valence-corrected chi connectivity index (χ0v) is 14.2. The van der Waals surface area contributed by atoms with Gasteiger partial charge in [-0.1, -0.05) is 36.5 Å². The average molecular weight is 355 g/mol. The summed E-state index contributed by atoms with van der Waals surface area (Å²) in [6.45, 7) is 3.32. The maximum Gasteiger partial charge on any atom is 0.242 e. The summed E-state index contributed by atoms with van der Waals surface area (Å²) in [6, 6.07) is 2.78. The van der Waals surface area contributed by atoms with Crippen molar-refractivity contribution in [2.75, 3.05) is 19.8 Å². The van der Waals surface area contributed by atoms with Gasteiger partial charge in [0, 0.05) is 24.7 Å². The Balaban J connectivity index is 2.70. The Labute approximate surface area is 135 Å². The minimum Gasteiger partial charge on any atom is -0.380 e. The van der Waals surface area contributed by atoms with Crippen LogP contribution >= 0.6 is 23.2 Å². The Kier molecular flexibility index (Phi) is 7.94. The molecular weight excluding hydrogens is 335 g/mol. The van der Waals surface area contributed by atoms with E-state index in [2.05, 4.69) is 11.6 Å². The molecular formula is C13H20Cl2N2O3S. The van der Waals surface area contributed by atoms with Gasteiger partial charge in [0.05, 0.1) is 11.6 Å². The molecule has 0 unspecified atom stereocenters. The summed E-state index contributed by atoms with van der Waals surface area (Å²) in [5, 5.41) is 0.418. The molecule has 21 heavy (non-hydrogen) atoms. The van der Waals surface area contributed by atoms with E-state index >= 15 is 0 Å². The average Bonchev–Trinajstić information content (AvgIpc) is 2.42. The SMILES string of the molecule is CCCCOCCNS(=O)(=O)c1cc(CN)c(Cl)cc1Cl. The van der Waals surface area contributed by atoms with Crippen LogP contribution in [0.15, 0.2) is 17.0 Å². The van der Waals surface area contributed by atoms with Crippen LogP contribution in [0.4, 0.5) is 0 Å². The smallest absolute Gasteiger partial charge is 0.242 e. The number of ether oxygens (including phenoxy) is 1. The fourth-order valence-electron chi connectivity index (χ4n) is 1.61. The molecule has 0 heterocycles. The molecule has 0 saturated carbocycles. The second-order valence-corrected chi connectivity index (χ2v) is 6.99. The maximum atomic E-state index is 12.2. The highest BCUT2D eigenvalue weighted by atomic mass is 35.5. The number of hydrogen-bond donors (Lipinski definition) is 2. The summed E-state index contributed by atoms with van der Waals surface area (Å²) in [4.78, 5) is -0.0254. The molecule has 0 saturated heterocycles. The van der Waals surface area contributed by atoms with Crippen molar-refractivity contribution in [2.45, 2.75) is 31.2 Å². The minimum atomic E-state index is -3.71. The van der Waals surface area contributed by atoms with E-state index in [1.165, 1.54) is 12.1 Å². The zero-order valence-electron chi connectivity index (χ0n) is 11.9. The lowest BCUT2D eigenvalue weighted by molar-refractivity contribution is 0.136. The lowest BCUT2D eigenvalue weighted by atomic mass is 10.2. The lowest BCUT2D eigenvalue weighted by Gasteiger charge is -2.11. The van der Waals surface area contributed by atoms with Gasteiger partial charge in [0.2, 0.25) is 10.0 Å². The fraction of sp³-hybridized carbons (Fsp3) is 0.538. The summed E-state index contributed by atoms with van der Waals surface area (Å²) < 4.78 is 32.1. The van der Waals surface area contributed by atoms with Crippen LogP contribution in [0, 0.1) is 0 Å². The number of unbranched alkanes of at least 4 members (excludes halogenated alkanes) is 1. The molecule has 8 heteroatoms. The van der Waals surface area contributed by atoms with E-state index in [-0.39, 0.29) is 23.0 Å². The summed E-state index contributed by atoms with van der Waals surface area (Å²) in [5.41, 5.74) is 6.05. The molecule has 0 aliphatic carbocycles. The zero-order chi connectivity index (χ0) is 15.9. The van der Waals surface area contributed by atoms with Gasteiger partial charge in [-0.3, -0.25) is 0 Å². The summed E-state index contributed by atoms with van der Waals surface area (Å²) in [7, 11) is -3.71. The molecule has 0 atom stereocenters. The first-order chi connectivity index (χ1) is 9.92. The van der Waals surface area contributed by atoms with Crippen molar-refractivity contribution in [3.05, 3.63) is 27.7 Å². The third-order valence-corrected chi connectivity index (χ3v) is 5.07. The third-order valence-electron chi connectivity index (χ3n) is 2.79. The molecule has 0 bridgehead atoms. The lowest BCUT2D eigenvalue weighted by Crippen LogP contribution is -2.28. The van der Waals surface area contributed by atoms with Gasteiger partial charge >= 0.3 is 0 Å². The standard InChI is InChI=1S/C13H20Cl2N2O3S/c1-2-3-5-20-6-4-17-21(18,19)13-7-10(9-16)11(14)8-12(13)15/h7-8,17H,2-6,9,16H2,1H3. The molecule has 0 aromatic heterocycles. The molecule has 1 aromatic carbocycles. The topological polar surface area (TPSA) is 81.4 Å². The first-order valence-electron chi connectivity index (χ1n) is 6.67. The van der Waals surface area contributed by atoms with Gasteiger partial charge in [0.25, 0.3) is 0 Å². The van der Waals surface area contributed by atoms with E-state index in [9.17, 15) is 8.42 Å². The highest BCUT2D eigenvalue weighted by molar-refractivity contribution is 7.89. The Morgan fingerprint density at radius 3 is 2.57 bits per heavy atom. The highest BCUT2D eigenvalue weighted by Gasteiger charge is 2.19. The fourth-order valence-corrected chi connectivity index (χ4v) is 3.49. The van der Waals surface area contributed by atoms with Crippen LogP contribution in [0.25, 0.3) is 0 Å². The van der Waals surface area contributed by atoms with Crippen LogP contribution in [0.2, 0.25) is 10.0 Å². The Morgan fingerprint density at radius 2 is 1.95 bits per heavy atom. The molecule has 0 fully saturated rings. The summed E-state index contributed by atoms with van der Waals surface area (Å²) in [5.74, 6) is 0. The van der Waals surface area contributed by atoms with Gasteiger partial charge in [0.15, 0.2) is 0 Å². The Bertz CT molecular complexity index is 565. The number of nitrogens with two attached hydrogens (primary N) is 1. The maximum absolute atomic E-state index is 12.2. The van der Waals surface area contributed by atoms with Crippen molar-refractivity contribution in [3.8, 4) is 0 Å². The van der Waals surface area contributed by atoms with Crippen molar-refractivity contribution in [2.24, 2.45) is 5.73 Å². The van der Waals surface area contributed by atoms with Gasteiger partial charge < -0.3 is 10.5 Å². The number of rotatable bonds is 9. The van der Waals surface area contributed by atoms with Crippen molar-refractivity contribution in [3.63, 3.8) is 0 Å². The number of sulfonamides is 1. The first-order valence-corrected chi connectivity index (χ1v) is 8.91. The van der Waals surface area contributed by atoms with Gasteiger partial charge in [-0.2, -0.15) is 0 Å². The third kappa shape index (κ3) is 5.73. The molecule has 5 nitrogen and oxygen atoms in total. The summed E-state index contributed by atoms with van der Waals surface area (Å²) in [6.07, 6.45) is 1.99. The van der Waals surface area contributed by atoms with Crippen LogP contribution in [0.3, 0.4) is 0 Å². The van der Waals surface area contributed by atoms with Gasteiger partial charge in [0.1, 0.15) is 4.90 Å². The van der Waals surface area contributed by atoms with Crippen molar-refractivity contribution < 1.29 is 13.2 Å². The molecule has 120 valence electrons. The molecule has 1 aromatic rings. The van der Waals surface area contributed by atoms with Gasteiger partial charge in [-0.25, -0.2) is 13.1 Å². The predicted molar refractivity (Wildman–Crippen MR) is 85.3 cm³/mol. The number of nitrogens with one attached hydrogen (secondary N) is 1. The van der Waals surface area contributed by atoms with E-state index in [0.29, 0.717) is 23.8 Å². The largest absolute Gasteiger partial charge is 0.380 e. The van der Waals surface area contributed by atoms with Crippen molar-refractivity contribution in [1.29, 1.82) is 0 Å². The van der Waals surface area contributed by atoms with E-state index in [1.54, 1.807) is 0 Å². The Hall–Kier alpha value is -0.370. The Morgan fingerprint density at radius 1 is 1.24 bits per heavy atom. The summed E-state index contributed by atoms with van der Waals surface area (Å²) >= 11 is 11.9. The van der Waals surface area contributed by atoms with Gasteiger partial charge in [-0.15, -0.1) is 0 Å². The van der Waals surface area contributed by atoms with Crippen molar-refractivity contribution >= 4 is 33.2 Å². The highest BCUT2D eigenvalue weighted by Crippen LogP contribution is 2.28. The van der Waals surface area contributed by atoms with E-state index < -0.39 is 10.0 Å². The van der Waals surface area contributed by atoms with Crippen LogP contribution in [-0.4, -0.2) is 28.2 Å². The first kappa shape index (κ1) is 18.7. The predicted octanol–water partition coefficient (Wildman–Crippen LogP) is 2.55. The number of benzene rings is 1.